The molecule has 0 saturated heterocycles. The molecule has 0 unspecified atom stereocenters. The van der Waals surface area contributed by atoms with Crippen molar-refractivity contribution in [2.24, 2.45) is 5.92 Å². The minimum Gasteiger partial charge on any atom is -0.466 e. The fourth-order valence-electron chi connectivity index (χ4n) is 2.42. The number of aliphatic hydroxyl groups is 2. The van der Waals surface area contributed by atoms with E-state index in [1.165, 1.54) is 6.92 Å². The molecule has 1 heterocycles. The zero-order chi connectivity index (χ0) is 17.2. The maximum absolute atomic E-state index is 12.0. The number of cyclic esters (lactones) is 1. The highest BCUT2D eigenvalue weighted by atomic mass is 16.6. The van der Waals surface area contributed by atoms with Crippen molar-refractivity contribution in [3.05, 3.63) is 12.2 Å². The summed E-state index contributed by atoms with van der Waals surface area (Å²) in [6.45, 7) is 3.37. The molecule has 0 aliphatic carbocycles. The Morgan fingerprint density at radius 3 is 2.78 bits per heavy atom. The average Bonchev–Trinajstić information content (AvgIpc) is 2.51. The van der Waals surface area contributed by atoms with Crippen LogP contribution >= 0.6 is 0 Å². The van der Waals surface area contributed by atoms with Crippen LogP contribution in [0.25, 0.3) is 0 Å². The molecule has 6 nitrogen and oxygen atoms in total. The van der Waals surface area contributed by atoms with Crippen molar-refractivity contribution in [2.45, 2.75) is 70.7 Å². The maximum atomic E-state index is 12.0. The van der Waals surface area contributed by atoms with Crippen LogP contribution in [0.3, 0.4) is 0 Å². The number of carbonyl (C=O) groups is 2. The van der Waals surface area contributed by atoms with E-state index in [1.54, 1.807) is 19.1 Å². The van der Waals surface area contributed by atoms with Crippen LogP contribution in [0, 0.1) is 5.92 Å². The average molecular weight is 328 g/mol. The molecule has 0 amide bonds. The van der Waals surface area contributed by atoms with Crippen LogP contribution in [0.15, 0.2) is 12.2 Å². The van der Waals surface area contributed by atoms with Crippen molar-refractivity contribution in [1.29, 1.82) is 0 Å². The summed E-state index contributed by atoms with van der Waals surface area (Å²) in [6.07, 6.45) is 5.25. The summed E-state index contributed by atoms with van der Waals surface area (Å²) in [5, 5.41) is 20.0. The van der Waals surface area contributed by atoms with Gasteiger partial charge in [-0.1, -0.05) is 12.2 Å². The third-order valence-electron chi connectivity index (χ3n) is 3.98. The summed E-state index contributed by atoms with van der Waals surface area (Å²) in [5.41, 5.74) is 0. The molecular formula is C17H28O6. The Morgan fingerprint density at radius 2 is 2.09 bits per heavy atom. The first-order valence-electron chi connectivity index (χ1n) is 8.28. The van der Waals surface area contributed by atoms with Crippen molar-refractivity contribution in [2.75, 3.05) is 6.61 Å². The number of aliphatic hydroxyl groups excluding tert-OH is 2. The summed E-state index contributed by atoms with van der Waals surface area (Å²) < 4.78 is 10.3. The first-order chi connectivity index (χ1) is 10.9. The number of hydrogen-bond acceptors (Lipinski definition) is 6. The van der Waals surface area contributed by atoms with Gasteiger partial charge < -0.3 is 19.7 Å². The van der Waals surface area contributed by atoms with Crippen LogP contribution in [-0.2, 0) is 19.1 Å². The molecule has 1 rings (SSSR count). The van der Waals surface area contributed by atoms with Gasteiger partial charge in [0.2, 0.25) is 0 Å². The van der Waals surface area contributed by atoms with Gasteiger partial charge in [0.25, 0.3) is 0 Å². The second kappa shape index (κ2) is 10.4. The Balaban J connectivity index is 2.45. The van der Waals surface area contributed by atoms with Gasteiger partial charge in [0.05, 0.1) is 24.7 Å². The molecule has 0 aromatic carbocycles. The van der Waals surface area contributed by atoms with Gasteiger partial charge >= 0.3 is 11.9 Å². The number of ether oxygens (including phenoxy) is 2. The third-order valence-corrected chi connectivity index (χ3v) is 3.98. The molecule has 0 radical (unpaired) electrons. The zero-order valence-corrected chi connectivity index (χ0v) is 13.9. The van der Waals surface area contributed by atoms with E-state index in [2.05, 4.69) is 0 Å². The van der Waals surface area contributed by atoms with Gasteiger partial charge in [-0.2, -0.15) is 0 Å². The Bertz CT molecular complexity index is 406. The van der Waals surface area contributed by atoms with E-state index in [9.17, 15) is 19.8 Å². The van der Waals surface area contributed by atoms with Crippen molar-refractivity contribution >= 4 is 11.9 Å². The molecular weight excluding hydrogens is 300 g/mol. The van der Waals surface area contributed by atoms with Gasteiger partial charge in [0.15, 0.2) is 0 Å². The molecule has 4 atom stereocenters. The molecule has 1 aliphatic heterocycles. The van der Waals surface area contributed by atoms with E-state index in [1.807, 2.05) is 0 Å². The van der Waals surface area contributed by atoms with Crippen LogP contribution in [0.1, 0.15) is 52.4 Å². The summed E-state index contributed by atoms with van der Waals surface area (Å²) in [6, 6.07) is 0. The Hall–Kier alpha value is -1.40. The second-order valence-electron chi connectivity index (χ2n) is 6.02. The molecule has 0 saturated carbocycles. The Kier molecular flexibility index (Phi) is 8.87. The number of esters is 2. The fraction of sp³-hybridized carbons (Fsp3) is 0.765. The lowest BCUT2D eigenvalue weighted by molar-refractivity contribution is -0.163. The molecule has 0 fully saturated rings. The molecule has 0 aromatic rings. The normalized spacial score (nSPS) is 30.3. The van der Waals surface area contributed by atoms with Gasteiger partial charge in [0, 0.05) is 6.92 Å². The molecule has 0 spiro atoms. The standard InChI is InChI=1S/C17H28O6/c1-12-14(19)8-5-6-9-15(20)16(23-17(12)21)10-4-3-7-11-22-13(2)18/h5,8,12,14-16,19-20H,3-4,6-7,9-11H2,1-2H3/b8-5+/t12-,14-,15+,16-/m1/s1. The highest BCUT2D eigenvalue weighted by molar-refractivity contribution is 5.73. The number of carbonyl (C=O) groups excluding carboxylic acids is 2. The van der Waals surface area contributed by atoms with E-state index in [0.29, 0.717) is 25.9 Å². The van der Waals surface area contributed by atoms with Gasteiger partial charge in [0.1, 0.15) is 6.10 Å². The highest BCUT2D eigenvalue weighted by Gasteiger charge is 2.28. The smallest absolute Gasteiger partial charge is 0.311 e. The predicted octanol–water partition coefficient (Wildman–Crippen LogP) is 1.73. The van der Waals surface area contributed by atoms with Crippen molar-refractivity contribution in [3.63, 3.8) is 0 Å². The van der Waals surface area contributed by atoms with Crippen LogP contribution in [0.2, 0.25) is 0 Å². The second-order valence-corrected chi connectivity index (χ2v) is 6.02. The van der Waals surface area contributed by atoms with Gasteiger partial charge in [-0.15, -0.1) is 0 Å². The fourth-order valence-corrected chi connectivity index (χ4v) is 2.42. The van der Waals surface area contributed by atoms with Crippen molar-refractivity contribution < 1.29 is 29.3 Å². The summed E-state index contributed by atoms with van der Waals surface area (Å²) in [7, 11) is 0. The lowest BCUT2D eigenvalue weighted by Crippen LogP contribution is -2.36. The summed E-state index contributed by atoms with van der Waals surface area (Å²) >= 11 is 0. The van der Waals surface area contributed by atoms with Gasteiger partial charge in [-0.05, 0) is 45.4 Å². The number of unbranched alkanes of at least 4 members (excludes halogenated alkanes) is 2. The highest BCUT2D eigenvalue weighted by Crippen LogP contribution is 2.19. The summed E-state index contributed by atoms with van der Waals surface area (Å²) in [5.74, 6) is -1.43. The molecule has 6 heteroatoms. The first-order valence-corrected chi connectivity index (χ1v) is 8.28. The monoisotopic (exact) mass is 328 g/mol. The van der Waals surface area contributed by atoms with Crippen LogP contribution in [0.4, 0.5) is 0 Å². The van der Waals surface area contributed by atoms with Crippen LogP contribution in [-0.4, -0.2) is 47.1 Å². The van der Waals surface area contributed by atoms with Gasteiger partial charge in [-0.3, -0.25) is 9.59 Å². The van der Waals surface area contributed by atoms with Gasteiger partial charge in [-0.25, -0.2) is 0 Å². The molecule has 132 valence electrons. The largest absolute Gasteiger partial charge is 0.466 e. The Morgan fingerprint density at radius 1 is 1.35 bits per heavy atom. The molecule has 1 aliphatic rings. The quantitative estimate of drug-likeness (QED) is 0.438. The summed E-state index contributed by atoms with van der Waals surface area (Å²) in [4.78, 5) is 22.7. The minimum absolute atomic E-state index is 0.290. The maximum Gasteiger partial charge on any atom is 0.311 e. The lowest BCUT2D eigenvalue weighted by Gasteiger charge is -2.26. The van der Waals surface area contributed by atoms with E-state index in [-0.39, 0.29) is 5.97 Å². The van der Waals surface area contributed by atoms with Crippen LogP contribution < -0.4 is 0 Å². The van der Waals surface area contributed by atoms with E-state index < -0.39 is 30.2 Å². The Labute approximate surface area is 137 Å². The van der Waals surface area contributed by atoms with E-state index in [0.717, 1.165) is 19.3 Å². The minimum atomic E-state index is -0.859. The lowest BCUT2D eigenvalue weighted by atomic mass is 9.98. The molecule has 2 N–H and O–H groups in total. The molecule has 23 heavy (non-hydrogen) atoms. The SMILES string of the molecule is CC(=O)OCCCCC[C@H]1OC(=O)[C@H](C)[C@H](O)/C=C/CC[C@@H]1O. The molecule has 0 aromatic heterocycles. The predicted molar refractivity (Wildman–Crippen MR) is 84.5 cm³/mol. The zero-order valence-electron chi connectivity index (χ0n) is 13.9. The van der Waals surface area contributed by atoms with E-state index >= 15 is 0 Å². The number of allylic oxidation sites excluding steroid dienone is 1. The molecule has 0 bridgehead atoms. The number of hydrogen-bond donors (Lipinski definition) is 2. The van der Waals surface area contributed by atoms with Crippen molar-refractivity contribution in [3.8, 4) is 0 Å². The van der Waals surface area contributed by atoms with Crippen LogP contribution in [0.5, 0.6) is 0 Å². The van der Waals surface area contributed by atoms with E-state index in [4.69, 9.17) is 9.47 Å². The first kappa shape index (κ1) is 19.6. The van der Waals surface area contributed by atoms with Crippen molar-refractivity contribution in [1.82, 2.24) is 0 Å². The third kappa shape index (κ3) is 7.61. The number of rotatable bonds is 6. The topological polar surface area (TPSA) is 93.1 Å².